The molecule has 1 amide bonds. The number of carbonyl (C=O) groups excluding carboxylic acids is 1. The number of likely N-dealkylation sites (tertiary alicyclic amines) is 1. The number of carbonyl (C=O) groups is 1. The molecule has 0 aliphatic carbocycles. The van der Waals surface area contributed by atoms with Crippen LogP contribution in [0.2, 0.25) is 0 Å². The van der Waals surface area contributed by atoms with Crippen LogP contribution in [0.1, 0.15) is 36.1 Å². The maximum Gasteiger partial charge on any atom is 0.227 e. The third-order valence-corrected chi connectivity index (χ3v) is 7.50. The molecule has 0 radical (unpaired) electrons. The molecule has 1 atom stereocenters. The number of nitrogens with one attached hydrogen (secondary N) is 2. The number of imidazole rings is 2. The van der Waals surface area contributed by atoms with Crippen LogP contribution < -0.4 is 0 Å². The number of benzene rings is 3. The number of amides is 1. The highest BCUT2D eigenvalue weighted by Crippen LogP contribution is 2.33. The minimum absolute atomic E-state index is 0.00316. The van der Waals surface area contributed by atoms with Crippen molar-refractivity contribution in [3.63, 3.8) is 0 Å². The Labute approximate surface area is 234 Å². The fourth-order valence-electron chi connectivity index (χ4n) is 5.45. The highest BCUT2D eigenvalue weighted by molar-refractivity contribution is 5.79. The molecule has 7 heteroatoms. The zero-order valence-corrected chi connectivity index (χ0v) is 23.0. The molecule has 1 aliphatic heterocycles. The first-order chi connectivity index (χ1) is 19.5. The van der Waals surface area contributed by atoms with Crippen LogP contribution in [0.4, 0.5) is 0 Å². The Bertz CT molecular complexity index is 1570. The number of hydrogen-bond acceptors (Lipinski definition) is 4. The van der Waals surface area contributed by atoms with Gasteiger partial charge in [0.2, 0.25) is 5.91 Å². The van der Waals surface area contributed by atoms with Crippen LogP contribution in [0.3, 0.4) is 0 Å². The topological polar surface area (TPSA) is 80.9 Å². The van der Waals surface area contributed by atoms with Crippen molar-refractivity contribution in [1.82, 2.24) is 29.7 Å². The van der Waals surface area contributed by atoms with E-state index in [4.69, 9.17) is 4.98 Å². The van der Waals surface area contributed by atoms with Gasteiger partial charge in [-0.3, -0.25) is 4.79 Å². The lowest BCUT2D eigenvalue weighted by Gasteiger charge is -2.23. The van der Waals surface area contributed by atoms with Gasteiger partial charge in [-0.1, -0.05) is 78.9 Å². The third-order valence-electron chi connectivity index (χ3n) is 7.50. The van der Waals surface area contributed by atoms with Crippen LogP contribution in [0, 0.1) is 0 Å². The maximum absolute atomic E-state index is 13.1. The zero-order valence-electron chi connectivity index (χ0n) is 23.0. The van der Waals surface area contributed by atoms with Gasteiger partial charge in [-0.25, -0.2) is 9.97 Å². The van der Waals surface area contributed by atoms with E-state index in [1.54, 1.807) is 0 Å². The summed E-state index contributed by atoms with van der Waals surface area (Å²) in [6.07, 6.45) is 6.12. The summed E-state index contributed by atoms with van der Waals surface area (Å²) in [4.78, 5) is 33.2. The predicted octanol–water partition coefficient (Wildman–Crippen LogP) is 6.10. The summed E-state index contributed by atoms with van der Waals surface area (Å²) in [5.74, 6) is 1.98. The van der Waals surface area contributed by atoms with Gasteiger partial charge in [-0.15, -0.1) is 0 Å². The van der Waals surface area contributed by atoms with Crippen molar-refractivity contribution in [2.45, 2.75) is 31.8 Å². The molecule has 3 aromatic carbocycles. The molecule has 1 aliphatic rings. The van der Waals surface area contributed by atoms with E-state index in [0.29, 0.717) is 6.42 Å². The summed E-state index contributed by atoms with van der Waals surface area (Å²) in [6, 6.07) is 27.0. The van der Waals surface area contributed by atoms with E-state index < -0.39 is 0 Å². The lowest BCUT2D eigenvalue weighted by Crippen LogP contribution is -2.32. The molecule has 3 heterocycles. The van der Waals surface area contributed by atoms with Crippen LogP contribution in [-0.4, -0.2) is 56.3 Å². The Morgan fingerprint density at radius 2 is 1.43 bits per heavy atom. The van der Waals surface area contributed by atoms with E-state index in [9.17, 15) is 4.79 Å². The molecule has 202 valence electrons. The Kier molecular flexibility index (Phi) is 7.29. The molecule has 1 saturated heterocycles. The molecule has 6 rings (SSSR count). The number of H-pyrrole nitrogens is 2. The summed E-state index contributed by atoms with van der Waals surface area (Å²) in [5.41, 5.74) is 7.54. The largest absolute Gasteiger partial charge is 0.341 e. The molecule has 7 nitrogen and oxygen atoms in total. The van der Waals surface area contributed by atoms with Gasteiger partial charge in [-0.05, 0) is 54.8 Å². The summed E-state index contributed by atoms with van der Waals surface area (Å²) in [6.45, 7) is 1.56. The zero-order chi connectivity index (χ0) is 27.5. The van der Waals surface area contributed by atoms with Crippen LogP contribution in [0.25, 0.3) is 33.6 Å². The number of nitrogens with zero attached hydrogens (tertiary/aromatic N) is 4. The van der Waals surface area contributed by atoms with Gasteiger partial charge in [0, 0.05) is 6.54 Å². The minimum atomic E-state index is -0.00316. The van der Waals surface area contributed by atoms with E-state index in [1.807, 2.05) is 61.7 Å². The second-order valence-corrected chi connectivity index (χ2v) is 10.7. The highest BCUT2D eigenvalue weighted by atomic mass is 16.2. The van der Waals surface area contributed by atoms with E-state index in [1.165, 1.54) is 0 Å². The van der Waals surface area contributed by atoms with Gasteiger partial charge in [-0.2, -0.15) is 0 Å². The average Bonchev–Trinajstić information content (AvgIpc) is 3.75. The smallest absolute Gasteiger partial charge is 0.227 e. The molecule has 5 aromatic rings. The number of hydrogen-bond donors (Lipinski definition) is 2. The monoisotopic (exact) mass is 530 g/mol. The summed E-state index contributed by atoms with van der Waals surface area (Å²) in [7, 11) is 4.07. The highest BCUT2D eigenvalue weighted by Gasteiger charge is 2.31. The van der Waals surface area contributed by atoms with Crippen LogP contribution in [0.5, 0.6) is 0 Å². The molecule has 0 saturated carbocycles. The van der Waals surface area contributed by atoms with Gasteiger partial charge < -0.3 is 19.8 Å². The van der Waals surface area contributed by atoms with Crippen LogP contribution >= 0.6 is 0 Å². The number of rotatable bonds is 8. The Morgan fingerprint density at radius 1 is 0.825 bits per heavy atom. The van der Waals surface area contributed by atoms with Crippen LogP contribution in [-0.2, 0) is 17.8 Å². The standard InChI is InChI=1S/C33H34N6O/c1-38(2)22-31-34-20-28(36-31)26-14-10-24(11-15-26)25-12-16-27(17-13-25)29-21-35-33(37-29)30-9-6-18-39(30)32(40)19-23-7-4-3-5-8-23/h3-5,7-8,10-17,20-21,30H,6,9,18-19,22H2,1-2H3,(H,34,36)(H,35,37). The molecule has 1 unspecified atom stereocenters. The molecular weight excluding hydrogens is 496 g/mol. The second kappa shape index (κ2) is 11.3. The van der Waals surface area contributed by atoms with Gasteiger partial charge in [0.05, 0.1) is 42.8 Å². The fourth-order valence-corrected chi connectivity index (χ4v) is 5.45. The van der Waals surface area contributed by atoms with Crippen molar-refractivity contribution in [1.29, 1.82) is 0 Å². The molecule has 2 N–H and O–H groups in total. The van der Waals surface area contributed by atoms with Crippen LogP contribution in [0.15, 0.2) is 91.3 Å². The Morgan fingerprint density at radius 3 is 2.08 bits per heavy atom. The summed E-state index contributed by atoms with van der Waals surface area (Å²) >= 11 is 0. The fraction of sp³-hybridized carbons (Fsp3) is 0.242. The average molecular weight is 531 g/mol. The SMILES string of the molecule is CN(C)Cc1ncc(-c2ccc(-c3ccc(-c4cnc(C5CCCN5C(=O)Cc5ccccc5)[nH]4)cc3)cc2)[nH]1. The third kappa shape index (κ3) is 5.60. The minimum Gasteiger partial charge on any atom is -0.341 e. The van der Waals surface area contributed by atoms with Crippen molar-refractivity contribution < 1.29 is 4.79 Å². The van der Waals surface area contributed by atoms with Crippen molar-refractivity contribution >= 4 is 5.91 Å². The van der Waals surface area contributed by atoms with Gasteiger partial charge in [0.15, 0.2) is 0 Å². The molecule has 0 spiro atoms. The van der Waals surface area contributed by atoms with E-state index in [0.717, 1.165) is 76.8 Å². The van der Waals surface area contributed by atoms with Gasteiger partial charge in [0.1, 0.15) is 11.6 Å². The van der Waals surface area contributed by atoms with E-state index in [-0.39, 0.29) is 11.9 Å². The quantitative estimate of drug-likeness (QED) is 0.254. The van der Waals surface area contributed by atoms with Crippen molar-refractivity contribution in [3.05, 3.63) is 108 Å². The van der Waals surface area contributed by atoms with E-state index in [2.05, 4.69) is 68.4 Å². The molecule has 40 heavy (non-hydrogen) atoms. The van der Waals surface area contributed by atoms with Crippen molar-refractivity contribution in [2.75, 3.05) is 20.6 Å². The van der Waals surface area contributed by atoms with Gasteiger partial charge >= 0.3 is 0 Å². The number of aromatic nitrogens is 4. The first-order valence-corrected chi connectivity index (χ1v) is 13.8. The molecule has 2 aromatic heterocycles. The summed E-state index contributed by atoms with van der Waals surface area (Å²) < 4.78 is 0. The predicted molar refractivity (Wildman–Crippen MR) is 158 cm³/mol. The first-order valence-electron chi connectivity index (χ1n) is 13.8. The second-order valence-electron chi connectivity index (χ2n) is 10.7. The normalized spacial score (nSPS) is 15.2. The maximum atomic E-state index is 13.1. The lowest BCUT2D eigenvalue weighted by atomic mass is 10.0. The molecule has 1 fully saturated rings. The first kappa shape index (κ1) is 25.8. The molecular formula is C33H34N6O. The molecule has 0 bridgehead atoms. The summed E-state index contributed by atoms with van der Waals surface area (Å²) in [5, 5.41) is 0. The van der Waals surface area contributed by atoms with Crippen molar-refractivity contribution in [2.24, 2.45) is 0 Å². The van der Waals surface area contributed by atoms with E-state index >= 15 is 0 Å². The Hall–Kier alpha value is -4.49. The van der Waals surface area contributed by atoms with Crippen molar-refractivity contribution in [3.8, 4) is 33.6 Å². The Balaban J connectivity index is 1.13. The lowest BCUT2D eigenvalue weighted by molar-refractivity contribution is -0.131. The number of aromatic amines is 2. The van der Waals surface area contributed by atoms with Gasteiger partial charge in [0.25, 0.3) is 0 Å².